The summed E-state index contributed by atoms with van der Waals surface area (Å²) in [6, 6.07) is 2.18. The van der Waals surface area contributed by atoms with Gasteiger partial charge in [0.1, 0.15) is 17.7 Å². The van der Waals surface area contributed by atoms with Gasteiger partial charge in [0.25, 0.3) is 11.8 Å². The van der Waals surface area contributed by atoms with Gasteiger partial charge in [0, 0.05) is 12.2 Å². The van der Waals surface area contributed by atoms with Crippen molar-refractivity contribution in [1.82, 2.24) is 15.2 Å². The molecule has 2 heterocycles. The van der Waals surface area contributed by atoms with Crippen LogP contribution >= 0.6 is 0 Å². The van der Waals surface area contributed by atoms with E-state index in [1.54, 1.807) is 18.3 Å². The van der Waals surface area contributed by atoms with E-state index in [2.05, 4.69) is 10.3 Å². The minimum Gasteiger partial charge on any atom is -0.474 e. The van der Waals surface area contributed by atoms with Gasteiger partial charge in [0.05, 0.1) is 12.2 Å². The fraction of sp³-hybridized carbons (Fsp3) is 0.619. The number of primary amides is 1. The van der Waals surface area contributed by atoms with Gasteiger partial charge in [0.2, 0.25) is 5.88 Å². The van der Waals surface area contributed by atoms with Crippen LogP contribution in [0.4, 0.5) is 4.79 Å². The van der Waals surface area contributed by atoms with Gasteiger partial charge in [-0.2, -0.15) is 0 Å². The molecule has 3 fully saturated rings. The van der Waals surface area contributed by atoms with Crippen LogP contribution < -0.4 is 15.8 Å². The molecule has 1 unspecified atom stereocenters. The topological polar surface area (TPSA) is 124 Å². The second-order valence-electron chi connectivity index (χ2n) is 9.56. The largest absolute Gasteiger partial charge is 0.474 e. The molecule has 3 N–H and O–H groups in total. The Morgan fingerprint density at radius 1 is 1.30 bits per heavy atom. The second kappa shape index (κ2) is 7.23. The van der Waals surface area contributed by atoms with E-state index in [-0.39, 0.29) is 53.2 Å². The molecule has 162 valence electrons. The van der Waals surface area contributed by atoms with E-state index in [9.17, 15) is 14.4 Å². The number of rotatable bonds is 6. The highest BCUT2D eigenvalue weighted by atomic mass is 16.5. The van der Waals surface area contributed by atoms with Crippen LogP contribution in [0.25, 0.3) is 0 Å². The van der Waals surface area contributed by atoms with Crippen LogP contribution in [0.15, 0.2) is 18.3 Å². The molecule has 1 aliphatic heterocycles. The lowest BCUT2D eigenvalue weighted by molar-refractivity contribution is -0.142. The smallest absolute Gasteiger partial charge is 0.325 e. The van der Waals surface area contributed by atoms with Crippen LogP contribution in [0.5, 0.6) is 5.88 Å². The average Bonchev–Trinajstić information content (AvgIpc) is 2.87. The van der Waals surface area contributed by atoms with Crippen LogP contribution in [0.3, 0.4) is 0 Å². The average molecular weight is 416 g/mol. The van der Waals surface area contributed by atoms with Crippen molar-refractivity contribution >= 4 is 17.8 Å². The quantitative estimate of drug-likeness (QED) is 0.679. The minimum atomic E-state index is -0.623. The lowest BCUT2D eigenvalue weighted by Gasteiger charge is -2.58. The molecular weight excluding hydrogens is 388 g/mol. The van der Waals surface area contributed by atoms with E-state index in [4.69, 9.17) is 15.2 Å². The van der Waals surface area contributed by atoms with Crippen molar-refractivity contribution in [1.29, 1.82) is 0 Å². The zero-order chi connectivity index (χ0) is 21.7. The second-order valence-corrected chi connectivity index (χ2v) is 9.56. The number of hydrogen-bond acceptors (Lipinski definition) is 6. The Bertz CT molecular complexity index is 866. The van der Waals surface area contributed by atoms with E-state index in [0.29, 0.717) is 0 Å². The number of carbonyl (C=O) groups excluding carboxylic acids is 3. The van der Waals surface area contributed by atoms with Gasteiger partial charge in [-0.15, -0.1) is 0 Å². The molecular formula is C21H28N4O5. The van der Waals surface area contributed by atoms with Crippen molar-refractivity contribution in [3.8, 4) is 5.88 Å². The highest BCUT2D eigenvalue weighted by Crippen LogP contribution is 2.58. The van der Waals surface area contributed by atoms with Gasteiger partial charge >= 0.3 is 6.03 Å². The number of urea groups is 1. The van der Waals surface area contributed by atoms with Gasteiger partial charge in [-0.3, -0.25) is 14.5 Å². The van der Waals surface area contributed by atoms with E-state index < -0.39 is 11.9 Å². The maximum absolute atomic E-state index is 12.7. The summed E-state index contributed by atoms with van der Waals surface area (Å²) < 4.78 is 11.5. The fourth-order valence-corrected chi connectivity index (χ4v) is 4.62. The molecule has 1 aromatic rings. The normalized spacial score (nSPS) is 30.6. The molecule has 0 radical (unpaired) electrons. The van der Waals surface area contributed by atoms with Gasteiger partial charge in [-0.05, 0) is 64.0 Å². The molecule has 1 spiro atoms. The summed E-state index contributed by atoms with van der Waals surface area (Å²) in [5, 5.41) is 2.73. The number of imide groups is 1. The third-order valence-corrected chi connectivity index (χ3v) is 6.07. The molecule has 3 aliphatic rings. The van der Waals surface area contributed by atoms with E-state index in [1.165, 1.54) is 4.90 Å². The minimum absolute atomic E-state index is 0.0463. The number of nitrogens with one attached hydrogen (secondary N) is 1. The lowest BCUT2D eigenvalue weighted by atomic mass is 9.52. The van der Waals surface area contributed by atoms with Crippen LogP contribution in [-0.2, 0) is 9.53 Å². The predicted octanol–water partition coefficient (Wildman–Crippen LogP) is 1.61. The summed E-state index contributed by atoms with van der Waals surface area (Å²) in [4.78, 5) is 42.0. The molecule has 1 atom stereocenters. The van der Waals surface area contributed by atoms with Crippen molar-refractivity contribution < 1.29 is 23.9 Å². The SMILES string of the molecule is CC(C)(C)OCC1NC(=O)N(C2CC3(CC(Oc4ncccc4C(N)=O)C3)C2)C1=O. The molecule has 1 aromatic heterocycles. The maximum atomic E-state index is 12.7. The van der Waals surface area contributed by atoms with Gasteiger partial charge < -0.3 is 20.5 Å². The molecule has 0 bridgehead atoms. The number of carbonyl (C=O) groups is 3. The maximum Gasteiger partial charge on any atom is 0.325 e. The first-order valence-corrected chi connectivity index (χ1v) is 10.3. The van der Waals surface area contributed by atoms with Gasteiger partial charge in [-0.25, -0.2) is 9.78 Å². The van der Waals surface area contributed by atoms with Crippen molar-refractivity contribution in [3.63, 3.8) is 0 Å². The number of ether oxygens (including phenoxy) is 2. The van der Waals surface area contributed by atoms with Gasteiger partial charge in [0.15, 0.2) is 0 Å². The standard InChI is InChI=1S/C21H28N4O5/c1-20(2,3)29-11-15-18(27)25(19(28)24-15)12-7-21(8-12)9-13(10-21)30-17-14(16(22)26)5-4-6-23-17/h4-6,12-13,15H,7-11H2,1-3H3,(H2,22,26)(H,24,28). The highest BCUT2D eigenvalue weighted by Gasteiger charge is 2.58. The number of aromatic nitrogens is 1. The third kappa shape index (κ3) is 3.86. The van der Waals surface area contributed by atoms with Crippen molar-refractivity contribution in [2.24, 2.45) is 11.1 Å². The van der Waals surface area contributed by atoms with E-state index in [0.717, 1.165) is 25.7 Å². The molecule has 2 saturated carbocycles. The highest BCUT2D eigenvalue weighted by molar-refractivity contribution is 6.04. The molecule has 1 saturated heterocycles. The molecule has 30 heavy (non-hydrogen) atoms. The molecule has 9 nitrogen and oxygen atoms in total. The molecule has 2 aliphatic carbocycles. The molecule has 4 rings (SSSR count). The first-order valence-electron chi connectivity index (χ1n) is 10.3. The number of nitrogens with two attached hydrogens (primary N) is 1. The summed E-state index contributed by atoms with van der Waals surface area (Å²) in [5.41, 5.74) is 5.35. The summed E-state index contributed by atoms with van der Waals surface area (Å²) >= 11 is 0. The summed E-state index contributed by atoms with van der Waals surface area (Å²) in [6.45, 7) is 5.90. The Labute approximate surface area is 175 Å². The first-order chi connectivity index (χ1) is 14.1. The molecule has 0 aromatic carbocycles. The van der Waals surface area contributed by atoms with Crippen LogP contribution in [0.2, 0.25) is 0 Å². The van der Waals surface area contributed by atoms with Crippen LogP contribution in [0, 0.1) is 5.41 Å². The Morgan fingerprint density at radius 2 is 2.00 bits per heavy atom. The predicted molar refractivity (Wildman–Crippen MR) is 107 cm³/mol. The summed E-state index contributed by atoms with van der Waals surface area (Å²) in [6.07, 6.45) is 4.66. The lowest BCUT2D eigenvalue weighted by Crippen LogP contribution is -2.60. The van der Waals surface area contributed by atoms with Crippen LogP contribution in [0.1, 0.15) is 56.8 Å². The van der Waals surface area contributed by atoms with Crippen molar-refractivity contribution in [2.75, 3.05) is 6.61 Å². The Kier molecular flexibility index (Phi) is 4.96. The number of pyridine rings is 1. The monoisotopic (exact) mass is 416 g/mol. The summed E-state index contributed by atoms with van der Waals surface area (Å²) in [5.74, 6) is -0.522. The first kappa shape index (κ1) is 20.6. The van der Waals surface area contributed by atoms with Crippen molar-refractivity contribution in [3.05, 3.63) is 23.9 Å². The third-order valence-electron chi connectivity index (χ3n) is 6.07. The van der Waals surface area contributed by atoms with Crippen molar-refractivity contribution in [2.45, 2.75) is 70.2 Å². The zero-order valence-corrected chi connectivity index (χ0v) is 17.5. The van der Waals surface area contributed by atoms with Crippen LogP contribution in [-0.4, -0.2) is 58.1 Å². The van der Waals surface area contributed by atoms with Gasteiger partial charge in [-0.1, -0.05) is 0 Å². The number of nitrogens with zero attached hydrogens (tertiary/aromatic N) is 2. The number of hydrogen-bond donors (Lipinski definition) is 2. The van der Waals surface area contributed by atoms with E-state index in [1.807, 2.05) is 20.8 Å². The number of amides is 4. The molecule has 4 amide bonds. The summed E-state index contributed by atoms with van der Waals surface area (Å²) in [7, 11) is 0. The zero-order valence-electron chi connectivity index (χ0n) is 17.5. The fourth-order valence-electron chi connectivity index (χ4n) is 4.62. The Balaban J connectivity index is 1.28. The molecule has 9 heteroatoms. The Morgan fingerprint density at radius 3 is 2.63 bits per heavy atom. The van der Waals surface area contributed by atoms with E-state index >= 15 is 0 Å². The Hall–Kier alpha value is -2.68.